The maximum atomic E-state index is 13.5. The fourth-order valence-electron chi connectivity index (χ4n) is 5.10. The van der Waals surface area contributed by atoms with Gasteiger partial charge in [-0.1, -0.05) is 50.9 Å². The minimum Gasteiger partial charge on any atom is -0.456 e. The highest BCUT2D eigenvalue weighted by molar-refractivity contribution is 6.32. The topological polar surface area (TPSA) is 109 Å². The van der Waals surface area contributed by atoms with Crippen LogP contribution in [0.2, 0.25) is 0 Å². The summed E-state index contributed by atoms with van der Waals surface area (Å²) < 4.78 is 11.8. The number of carbonyl (C=O) groups is 2. The average Bonchev–Trinajstić information content (AvgIpc) is 3.49. The lowest BCUT2D eigenvalue weighted by atomic mass is 9.71. The first-order valence-electron chi connectivity index (χ1n) is 13.1. The monoisotopic (exact) mass is 533 g/mol. The number of esters is 1. The standard InChI is InChI=1S/C29H40ClNO6/c1-6-10-20-26(34)18(2)11-9-13-29(5)24(37-29)16-22(21(30)15-19-12-7-8-14-31-19)36-25(33)17-23(32)28(3,4)27(20)35/h6-8,12,14-15,18,20,22-24,26,32,34H,1,9-11,13,16-17H2,2-5H3. The van der Waals surface area contributed by atoms with E-state index in [1.807, 2.05) is 19.9 Å². The number of nitrogens with zero attached hydrogens (tertiary/aromatic N) is 1. The first-order valence-corrected chi connectivity index (χ1v) is 13.4. The van der Waals surface area contributed by atoms with E-state index in [1.54, 1.807) is 44.3 Å². The van der Waals surface area contributed by atoms with Gasteiger partial charge in [-0.2, -0.15) is 0 Å². The van der Waals surface area contributed by atoms with Gasteiger partial charge in [-0.25, -0.2) is 0 Å². The molecule has 37 heavy (non-hydrogen) atoms. The summed E-state index contributed by atoms with van der Waals surface area (Å²) in [5.41, 5.74) is -1.04. The van der Waals surface area contributed by atoms with Gasteiger partial charge in [0, 0.05) is 18.5 Å². The van der Waals surface area contributed by atoms with E-state index < -0.39 is 42.0 Å². The van der Waals surface area contributed by atoms with Gasteiger partial charge in [0.2, 0.25) is 0 Å². The lowest BCUT2D eigenvalue weighted by Gasteiger charge is -2.35. The molecule has 0 spiro atoms. The molecule has 7 unspecified atom stereocenters. The smallest absolute Gasteiger partial charge is 0.309 e. The zero-order valence-electron chi connectivity index (χ0n) is 22.2. The highest BCUT2D eigenvalue weighted by Crippen LogP contribution is 2.45. The molecule has 0 bridgehead atoms. The normalized spacial score (nSPS) is 35.8. The van der Waals surface area contributed by atoms with Crippen LogP contribution in [0.15, 0.2) is 42.1 Å². The number of ether oxygens (including phenoxy) is 2. The molecule has 2 aliphatic heterocycles. The van der Waals surface area contributed by atoms with Gasteiger partial charge in [0.1, 0.15) is 11.9 Å². The first-order chi connectivity index (χ1) is 17.4. The predicted molar refractivity (Wildman–Crippen MR) is 143 cm³/mol. The number of carbonyl (C=O) groups excluding carboxylic acids is 2. The second-order valence-electron chi connectivity index (χ2n) is 11.2. The number of ketones is 1. The Bertz CT molecular complexity index is 995. The maximum absolute atomic E-state index is 13.5. The van der Waals surface area contributed by atoms with Gasteiger partial charge in [0.25, 0.3) is 0 Å². The molecule has 7 atom stereocenters. The molecule has 2 saturated heterocycles. The predicted octanol–water partition coefficient (Wildman–Crippen LogP) is 4.84. The second-order valence-corrected chi connectivity index (χ2v) is 11.7. The number of epoxide rings is 1. The third-order valence-electron chi connectivity index (χ3n) is 7.93. The number of cyclic esters (lactones) is 1. The summed E-state index contributed by atoms with van der Waals surface area (Å²) in [4.78, 5) is 30.8. The number of fused-ring (bicyclic) bond motifs is 1. The van der Waals surface area contributed by atoms with Crippen LogP contribution in [0.3, 0.4) is 0 Å². The van der Waals surface area contributed by atoms with Crippen molar-refractivity contribution in [2.75, 3.05) is 0 Å². The number of hydrogen-bond acceptors (Lipinski definition) is 7. The van der Waals surface area contributed by atoms with E-state index in [9.17, 15) is 19.8 Å². The molecule has 0 saturated carbocycles. The van der Waals surface area contributed by atoms with Crippen molar-refractivity contribution in [3.63, 3.8) is 0 Å². The molecule has 204 valence electrons. The van der Waals surface area contributed by atoms with Crippen LogP contribution < -0.4 is 0 Å². The third kappa shape index (κ3) is 7.29. The van der Waals surface area contributed by atoms with Crippen LogP contribution in [0, 0.1) is 17.3 Å². The Kier molecular flexibility index (Phi) is 9.73. The number of rotatable bonds is 4. The van der Waals surface area contributed by atoms with Crippen LogP contribution in [-0.4, -0.2) is 57.0 Å². The molecule has 3 rings (SSSR count). The van der Waals surface area contributed by atoms with Crippen LogP contribution in [0.1, 0.15) is 71.9 Å². The maximum Gasteiger partial charge on any atom is 0.309 e. The highest BCUT2D eigenvalue weighted by Gasteiger charge is 2.53. The molecule has 0 aliphatic carbocycles. The molecule has 7 nitrogen and oxygen atoms in total. The summed E-state index contributed by atoms with van der Waals surface area (Å²) in [6, 6.07) is 5.43. The SMILES string of the molecule is C=CCC1C(=O)C(C)(C)C(O)CC(=O)OC(C(Cl)=Cc2ccccn2)CC2OC2(C)CCCC(C)C1O. The van der Waals surface area contributed by atoms with Crippen LogP contribution in [-0.2, 0) is 19.1 Å². The Balaban J connectivity index is 1.89. The lowest BCUT2D eigenvalue weighted by molar-refractivity contribution is -0.154. The number of hydrogen-bond donors (Lipinski definition) is 2. The molecule has 2 fully saturated rings. The minimum absolute atomic E-state index is 0.135. The van der Waals surface area contributed by atoms with Crippen LogP contribution in [0.25, 0.3) is 6.08 Å². The largest absolute Gasteiger partial charge is 0.456 e. The van der Waals surface area contributed by atoms with E-state index >= 15 is 0 Å². The van der Waals surface area contributed by atoms with Gasteiger partial charge in [0.15, 0.2) is 0 Å². The number of aliphatic hydroxyl groups is 2. The van der Waals surface area contributed by atoms with E-state index in [2.05, 4.69) is 11.6 Å². The fourth-order valence-corrected chi connectivity index (χ4v) is 5.35. The van der Waals surface area contributed by atoms with Crippen molar-refractivity contribution >= 4 is 29.4 Å². The molecular weight excluding hydrogens is 494 g/mol. The van der Waals surface area contributed by atoms with E-state index in [-0.39, 0.29) is 29.8 Å². The van der Waals surface area contributed by atoms with Gasteiger partial charge in [-0.15, -0.1) is 6.58 Å². The molecule has 0 aromatic carbocycles. The number of allylic oxidation sites excluding steroid dienone is 1. The molecule has 3 heterocycles. The Morgan fingerprint density at radius 2 is 2.00 bits per heavy atom. The number of aromatic nitrogens is 1. The first kappa shape index (κ1) is 29.5. The van der Waals surface area contributed by atoms with E-state index in [0.717, 1.165) is 19.3 Å². The summed E-state index contributed by atoms with van der Waals surface area (Å²) in [5, 5.41) is 22.4. The number of aliphatic hydroxyl groups excluding tert-OH is 2. The van der Waals surface area contributed by atoms with Crippen LogP contribution >= 0.6 is 11.6 Å². The molecule has 0 radical (unpaired) electrons. The van der Waals surface area contributed by atoms with Crippen molar-refractivity contribution in [1.29, 1.82) is 0 Å². The van der Waals surface area contributed by atoms with Crippen molar-refractivity contribution in [2.45, 2.75) is 96.2 Å². The van der Waals surface area contributed by atoms with Crippen molar-refractivity contribution in [1.82, 2.24) is 4.98 Å². The van der Waals surface area contributed by atoms with E-state index in [1.165, 1.54) is 0 Å². The molecule has 1 aromatic heterocycles. The van der Waals surface area contributed by atoms with Crippen LogP contribution in [0.4, 0.5) is 0 Å². The number of halogens is 1. The summed E-state index contributed by atoms with van der Waals surface area (Å²) in [5.74, 6) is -1.84. The van der Waals surface area contributed by atoms with Gasteiger partial charge in [0.05, 0.1) is 46.5 Å². The molecule has 8 heteroatoms. The van der Waals surface area contributed by atoms with Crippen molar-refractivity contribution in [3.05, 3.63) is 47.8 Å². The summed E-state index contributed by atoms with van der Waals surface area (Å²) in [6.45, 7) is 10.9. The fraction of sp³-hybridized carbons (Fsp3) is 0.621. The third-order valence-corrected chi connectivity index (χ3v) is 8.28. The Hall–Kier alpha value is -2.06. The molecule has 1 aromatic rings. The Labute approximate surface area is 224 Å². The molecule has 2 N–H and O–H groups in total. The number of Topliss-reactive ketones (excluding diaryl/α,β-unsaturated/α-hetero) is 1. The Morgan fingerprint density at radius 3 is 2.65 bits per heavy atom. The zero-order chi connectivity index (χ0) is 27.4. The van der Waals surface area contributed by atoms with Crippen molar-refractivity contribution in [3.8, 4) is 0 Å². The van der Waals surface area contributed by atoms with Gasteiger partial charge >= 0.3 is 5.97 Å². The molecular formula is C29H40ClNO6. The second kappa shape index (κ2) is 12.2. The quantitative estimate of drug-likeness (QED) is 0.324. The molecule has 2 aliphatic rings. The van der Waals surface area contributed by atoms with Gasteiger partial charge in [-0.05, 0) is 50.3 Å². The van der Waals surface area contributed by atoms with Crippen molar-refractivity contribution < 1.29 is 29.3 Å². The van der Waals surface area contributed by atoms with E-state index in [4.69, 9.17) is 21.1 Å². The summed E-state index contributed by atoms with van der Waals surface area (Å²) >= 11 is 6.63. The highest BCUT2D eigenvalue weighted by atomic mass is 35.5. The van der Waals surface area contributed by atoms with Gasteiger partial charge in [-0.3, -0.25) is 14.6 Å². The average molecular weight is 534 g/mol. The summed E-state index contributed by atoms with van der Waals surface area (Å²) in [6.07, 6.45) is 4.32. The van der Waals surface area contributed by atoms with Gasteiger partial charge < -0.3 is 19.7 Å². The van der Waals surface area contributed by atoms with E-state index in [0.29, 0.717) is 17.1 Å². The van der Waals surface area contributed by atoms with Crippen LogP contribution in [0.5, 0.6) is 0 Å². The Morgan fingerprint density at radius 1 is 1.27 bits per heavy atom. The minimum atomic E-state index is -1.31. The summed E-state index contributed by atoms with van der Waals surface area (Å²) in [7, 11) is 0. The number of pyridine rings is 1. The zero-order valence-corrected chi connectivity index (χ0v) is 23.0. The lowest BCUT2D eigenvalue weighted by Crippen LogP contribution is -2.46. The van der Waals surface area contributed by atoms with Crippen molar-refractivity contribution in [2.24, 2.45) is 17.3 Å². The molecule has 0 amide bonds.